The summed E-state index contributed by atoms with van der Waals surface area (Å²) in [5, 5.41) is -8.50. The Bertz CT molecular complexity index is 8220. The molecule has 0 bridgehead atoms. The van der Waals surface area contributed by atoms with Crippen molar-refractivity contribution in [2.45, 2.75) is 0 Å². The van der Waals surface area contributed by atoms with Gasteiger partial charge in [0.05, 0.1) is 68.5 Å². The van der Waals surface area contributed by atoms with Crippen LogP contribution in [0.3, 0.4) is 0 Å². The lowest BCUT2D eigenvalue weighted by atomic mass is 9.83. The van der Waals surface area contributed by atoms with Crippen LogP contribution in [0.25, 0.3) is 165 Å². The van der Waals surface area contributed by atoms with Gasteiger partial charge in [-0.1, -0.05) is 260 Å². The van der Waals surface area contributed by atoms with Crippen molar-refractivity contribution in [2.75, 3.05) is 0 Å². The molecule has 0 saturated carbocycles. The molecule has 0 unspecified atom stereocenters. The third-order valence-corrected chi connectivity index (χ3v) is 13.1. The van der Waals surface area contributed by atoms with Crippen LogP contribution < -0.4 is 0 Å². The molecule has 0 amide bonds. The van der Waals surface area contributed by atoms with Gasteiger partial charge in [0.25, 0.3) is 0 Å². The molecule has 2 nitrogen and oxygen atoms in total. The molecule has 15 aromatic carbocycles. The van der Waals surface area contributed by atoms with Crippen molar-refractivity contribution in [2.24, 2.45) is 0 Å². The molecular formula is C80H50O2. The van der Waals surface area contributed by atoms with Crippen LogP contribution in [0.2, 0.25) is 0 Å². The van der Waals surface area contributed by atoms with E-state index < -0.39 is 461 Å². The first-order chi connectivity index (χ1) is 61.5. The van der Waals surface area contributed by atoms with Gasteiger partial charge in [0.15, 0.2) is 0 Å². The van der Waals surface area contributed by atoms with Gasteiger partial charge in [-0.25, -0.2) is 0 Å². The lowest BCUT2D eigenvalue weighted by molar-refractivity contribution is 0.668. The zero-order valence-electron chi connectivity index (χ0n) is 90.8. The minimum absolute atomic E-state index is 0.374. The molecule has 0 spiro atoms. The highest BCUT2D eigenvalue weighted by Crippen LogP contribution is 2.48. The molecule has 2 aromatic heterocycles. The standard InChI is InChI=1S/C44H28O.C36H22O/c1-2-12-29(13-3-1)30-22-24-31(25-23-30)33-14-4-5-16-35(33)44-38-19-8-6-17-36(38)43(37-18-7-9-20-39(37)44)32-26-27-42-40(28-32)34-15-10-11-21-41(34)45-42;1-2-10-24-21-25(18-17-23(24)9-1)35-28-12-3-5-14-30(28)36(31-15-6-4-13-29(31)35)26-19-20-34-32(22-26)27-11-7-8-16-33(27)37-34/h1-28H;1-22H/i1D,2D,3D,4D,5D,6D,7D,8D,9D,10D,11D,12D,13D,14D,15D,16D,17D,18D,19D,20D,21D,22D,23D,24D,25D,26D,27D,28D;1D,2D,3D,4D,5D,6D,7D,8D,9D,10D,11D,12D,13D,14D,15D,16D,17D,18D,19D,20D,21D,22D. The number of hydrogen-bond acceptors (Lipinski definition) is 2. The average Bonchev–Trinajstić information content (AvgIpc) is 1.03. The van der Waals surface area contributed by atoms with Gasteiger partial charge in [0, 0.05) is 21.5 Å². The summed E-state index contributed by atoms with van der Waals surface area (Å²) in [6.45, 7) is 0. The van der Waals surface area contributed by atoms with E-state index in [0.717, 1.165) is 0 Å². The van der Waals surface area contributed by atoms with Crippen molar-refractivity contribution < 1.29 is 77.4 Å². The molecule has 2 heteroatoms. The second-order valence-electron chi connectivity index (χ2n) is 17.5. The number of para-hydroxylation sites is 2. The predicted molar refractivity (Wildman–Crippen MR) is 348 cm³/mol. The Hall–Kier alpha value is -10.8. The summed E-state index contributed by atoms with van der Waals surface area (Å²) in [7, 11) is 0. The van der Waals surface area contributed by atoms with Crippen molar-refractivity contribution in [3.63, 3.8) is 0 Å². The van der Waals surface area contributed by atoms with Crippen LogP contribution in [0.15, 0.2) is 311 Å². The first-order valence-corrected chi connectivity index (χ1v) is 24.1. The molecular weight excluding hydrogens is 993 g/mol. The molecule has 0 fully saturated rings. The Balaban J connectivity index is 0.000000197. The third-order valence-electron chi connectivity index (χ3n) is 13.1. The summed E-state index contributed by atoms with van der Waals surface area (Å²) in [5.41, 5.74) is -11.4. The summed E-state index contributed by atoms with van der Waals surface area (Å²) in [6, 6.07) is -45.4. The van der Waals surface area contributed by atoms with E-state index >= 15 is 0 Å². The predicted octanol–water partition coefficient (Wildman–Crippen LogP) is 22.9. The zero-order chi connectivity index (χ0) is 97.6. The van der Waals surface area contributed by atoms with E-state index in [4.69, 9.17) is 54.1 Å². The van der Waals surface area contributed by atoms with Crippen LogP contribution in [-0.4, -0.2) is 0 Å². The summed E-state index contributed by atoms with van der Waals surface area (Å²) in [4.78, 5) is 0. The van der Waals surface area contributed by atoms with Crippen molar-refractivity contribution in [3.8, 4) is 66.8 Å². The van der Waals surface area contributed by atoms with Crippen molar-refractivity contribution in [1.82, 2.24) is 0 Å². The Morgan fingerprint density at radius 2 is 0.500 bits per heavy atom. The molecule has 0 aliphatic carbocycles. The van der Waals surface area contributed by atoms with Crippen LogP contribution in [0.1, 0.15) is 68.5 Å². The van der Waals surface area contributed by atoms with E-state index in [-0.39, 0.29) is 5.39 Å². The maximum Gasteiger partial charge on any atom is 0.135 e. The van der Waals surface area contributed by atoms with Crippen LogP contribution in [0.5, 0.6) is 0 Å². The van der Waals surface area contributed by atoms with Crippen LogP contribution >= 0.6 is 0 Å². The fourth-order valence-electron chi connectivity index (χ4n) is 9.64. The fraction of sp³-hybridized carbons (Fsp3) is 0. The molecule has 17 aromatic rings. The third kappa shape index (κ3) is 7.87. The van der Waals surface area contributed by atoms with Crippen molar-refractivity contribution in [1.29, 1.82) is 0 Å². The van der Waals surface area contributed by atoms with Gasteiger partial charge in [-0.05, 0) is 163 Å². The molecule has 0 saturated heterocycles. The summed E-state index contributed by atoms with van der Waals surface area (Å²) in [5.74, 6) is 0. The van der Waals surface area contributed by atoms with E-state index in [2.05, 4.69) is 0 Å². The highest BCUT2D eigenvalue weighted by Gasteiger charge is 2.21. The highest BCUT2D eigenvalue weighted by atomic mass is 16.3. The van der Waals surface area contributed by atoms with Gasteiger partial charge >= 0.3 is 0 Å². The maximum absolute atomic E-state index is 9.67. The molecule has 0 aliphatic rings. The second kappa shape index (κ2) is 19.5. The molecule has 0 N–H and O–H groups in total. The second-order valence-corrected chi connectivity index (χ2v) is 17.5. The Morgan fingerprint density at radius 3 is 0.988 bits per heavy atom. The van der Waals surface area contributed by atoms with Gasteiger partial charge in [-0.3, -0.25) is 0 Å². The average molecular weight is 1090 g/mol. The summed E-state index contributed by atoms with van der Waals surface area (Å²) < 4.78 is 456. The van der Waals surface area contributed by atoms with Gasteiger partial charge in [-0.2, -0.15) is 0 Å². The molecule has 0 atom stereocenters. The molecule has 0 aliphatic heterocycles. The zero-order valence-corrected chi connectivity index (χ0v) is 40.8. The molecule has 17 rings (SSSR count). The highest BCUT2D eigenvalue weighted by molar-refractivity contribution is 6.24. The Morgan fingerprint density at radius 1 is 0.183 bits per heavy atom. The SMILES string of the molecule is [2H]c1c([2H])c([2H])c(-c2c([2H])c([2H])c(-c3c([2H])c([2H])c([2H])c([2H])c3-c3c4c([2H])c([2H])c([2H])c([2H])c4c(-c4c([2H])c([2H])c5oc6c([2H])c([2H])c([2H])c([2H])c6c5c4[2H])c4c([2H])c([2H])c([2H])c([2H])c34)c([2H])c2[2H])c([2H])c1[2H].[2H]c1c([2H])c([2H])c2c(oc3c([2H])c([2H])c(-c4c5c([2H])c([2H])c([2H])c([2H])c5c(-c5c([2H])c([2H])c6c([2H])c([2H])c([2H])c([2H])c6c5[2H])c5c([2H])c([2H])c([2H])c([2H])c45)c([2H])c32)c1[2H]. The van der Waals surface area contributed by atoms with Gasteiger partial charge in [0.1, 0.15) is 22.3 Å². The first kappa shape index (κ1) is 18.9. The van der Waals surface area contributed by atoms with Crippen LogP contribution in [-0.2, 0) is 0 Å². The molecule has 0 radical (unpaired) electrons. The van der Waals surface area contributed by atoms with Gasteiger partial charge in [0.2, 0.25) is 0 Å². The van der Waals surface area contributed by atoms with Gasteiger partial charge in [-0.15, -0.1) is 0 Å². The number of fused-ring (bicyclic) bond motifs is 11. The van der Waals surface area contributed by atoms with Crippen molar-refractivity contribution >= 4 is 97.7 Å². The quantitative estimate of drug-likeness (QED) is 0.155. The van der Waals surface area contributed by atoms with E-state index in [1.807, 2.05) is 0 Å². The number of furan rings is 2. The fourth-order valence-corrected chi connectivity index (χ4v) is 9.64. The van der Waals surface area contributed by atoms with E-state index in [0.29, 0.717) is 0 Å². The number of benzene rings is 15. The van der Waals surface area contributed by atoms with E-state index in [9.17, 15) is 23.3 Å². The monoisotopic (exact) mass is 1090 g/mol. The summed E-state index contributed by atoms with van der Waals surface area (Å²) in [6.07, 6.45) is 0. The maximum atomic E-state index is 9.67. The minimum atomic E-state index is -1.12. The van der Waals surface area contributed by atoms with Crippen LogP contribution in [0.4, 0.5) is 0 Å². The molecule has 382 valence electrons. The Kier molecular flexibility index (Phi) is 4.50. The number of hydrogen-bond donors (Lipinski definition) is 0. The summed E-state index contributed by atoms with van der Waals surface area (Å²) >= 11 is 0. The van der Waals surface area contributed by atoms with Crippen molar-refractivity contribution in [3.05, 3.63) is 302 Å². The van der Waals surface area contributed by atoms with Crippen LogP contribution in [0, 0.1) is 0 Å². The lowest BCUT2D eigenvalue weighted by Crippen LogP contribution is -1.92. The van der Waals surface area contributed by atoms with Gasteiger partial charge < -0.3 is 8.83 Å². The smallest absolute Gasteiger partial charge is 0.135 e. The van der Waals surface area contributed by atoms with E-state index in [1.165, 1.54) is 0 Å². The minimum Gasteiger partial charge on any atom is -0.456 e. The topological polar surface area (TPSA) is 26.3 Å². The lowest BCUT2D eigenvalue weighted by Gasteiger charge is -2.20. The Labute approximate surface area is 544 Å². The largest absolute Gasteiger partial charge is 0.456 e. The first-order valence-electron chi connectivity index (χ1n) is 49.1. The van der Waals surface area contributed by atoms with E-state index in [1.54, 1.807) is 0 Å². The molecule has 82 heavy (non-hydrogen) atoms. The normalized spacial score (nSPS) is 20.2. The molecule has 2 heterocycles. The number of rotatable bonds is 6.